The fourth-order valence-electron chi connectivity index (χ4n) is 3.15. The van der Waals surface area contributed by atoms with Gasteiger partial charge in [0, 0.05) is 11.5 Å². The molecular weight excluding hydrogens is 252 g/mol. The van der Waals surface area contributed by atoms with E-state index in [1.807, 2.05) is 24.3 Å². The van der Waals surface area contributed by atoms with E-state index in [-0.39, 0.29) is 0 Å². The van der Waals surface area contributed by atoms with Gasteiger partial charge in [-0.15, -0.1) is 0 Å². The summed E-state index contributed by atoms with van der Waals surface area (Å²) < 4.78 is 0. The number of allylic oxidation sites excluding steroid dienone is 6. The minimum Gasteiger partial charge on any atom is -0.388 e. The van der Waals surface area contributed by atoms with E-state index in [1.165, 1.54) is 0 Å². The predicted molar refractivity (Wildman–Crippen MR) is 75.9 cm³/mol. The second-order valence-corrected chi connectivity index (χ2v) is 6.45. The monoisotopic (exact) mass is 270 g/mol. The molecule has 0 radical (unpaired) electrons. The average Bonchev–Trinajstić information content (AvgIpc) is 2.42. The molecule has 0 aliphatic heterocycles. The minimum atomic E-state index is -1.26. The maximum atomic E-state index is 12.3. The standard InChI is InChI=1S/C17H18O3/c1-16(2)15(19)14(18)12-8-10-6-4-5-7-11(10)9-13(12)17(16,3)20/h4-6,8-9,13,20H,7H2,1-3H3. The largest absolute Gasteiger partial charge is 0.388 e. The van der Waals surface area contributed by atoms with E-state index >= 15 is 0 Å². The number of hydrogen-bond donors (Lipinski definition) is 1. The number of Topliss-reactive ketones (excluding diaryl/α,β-unsaturated/α-hetero) is 2. The third-order valence-electron chi connectivity index (χ3n) is 5.04. The summed E-state index contributed by atoms with van der Waals surface area (Å²) in [7, 11) is 0. The molecule has 0 amide bonds. The van der Waals surface area contributed by atoms with Gasteiger partial charge in [0.2, 0.25) is 11.6 Å². The average molecular weight is 270 g/mol. The first-order valence-electron chi connectivity index (χ1n) is 6.88. The highest BCUT2D eigenvalue weighted by molar-refractivity contribution is 6.46. The van der Waals surface area contributed by atoms with Crippen molar-refractivity contribution in [1.82, 2.24) is 0 Å². The molecule has 0 bridgehead atoms. The number of carbonyl (C=O) groups excluding carboxylic acids is 2. The highest BCUT2D eigenvalue weighted by atomic mass is 16.3. The van der Waals surface area contributed by atoms with Gasteiger partial charge in [-0.2, -0.15) is 0 Å². The van der Waals surface area contributed by atoms with Gasteiger partial charge in [-0.25, -0.2) is 0 Å². The lowest BCUT2D eigenvalue weighted by atomic mass is 9.56. The molecule has 2 unspecified atom stereocenters. The molecule has 3 rings (SSSR count). The zero-order valence-electron chi connectivity index (χ0n) is 11.9. The van der Waals surface area contributed by atoms with Crippen LogP contribution in [0.3, 0.4) is 0 Å². The van der Waals surface area contributed by atoms with Crippen LogP contribution < -0.4 is 0 Å². The van der Waals surface area contributed by atoms with Gasteiger partial charge in [0.1, 0.15) is 0 Å². The third-order valence-corrected chi connectivity index (χ3v) is 5.04. The molecule has 20 heavy (non-hydrogen) atoms. The van der Waals surface area contributed by atoms with E-state index in [4.69, 9.17) is 0 Å². The fourth-order valence-corrected chi connectivity index (χ4v) is 3.15. The van der Waals surface area contributed by atoms with Crippen molar-refractivity contribution in [2.75, 3.05) is 0 Å². The molecule has 104 valence electrons. The zero-order valence-corrected chi connectivity index (χ0v) is 11.9. The van der Waals surface area contributed by atoms with Crippen molar-refractivity contribution in [3.8, 4) is 0 Å². The van der Waals surface area contributed by atoms with Crippen LogP contribution in [0.15, 0.2) is 47.1 Å². The first-order chi connectivity index (χ1) is 9.26. The van der Waals surface area contributed by atoms with E-state index < -0.39 is 28.5 Å². The smallest absolute Gasteiger partial charge is 0.225 e. The highest BCUT2D eigenvalue weighted by Crippen LogP contribution is 2.49. The summed E-state index contributed by atoms with van der Waals surface area (Å²) in [6.07, 6.45) is 10.4. The molecule has 3 heteroatoms. The number of hydrogen-bond acceptors (Lipinski definition) is 3. The molecule has 1 saturated carbocycles. The summed E-state index contributed by atoms with van der Waals surface area (Å²) in [6.45, 7) is 4.95. The molecule has 0 aromatic carbocycles. The number of fused-ring (bicyclic) bond motifs is 2. The summed E-state index contributed by atoms with van der Waals surface area (Å²) in [5.74, 6) is -1.38. The molecule has 3 aliphatic rings. The van der Waals surface area contributed by atoms with Crippen molar-refractivity contribution >= 4 is 11.6 Å². The van der Waals surface area contributed by atoms with Crippen LogP contribution in [0, 0.1) is 11.3 Å². The van der Waals surface area contributed by atoms with Gasteiger partial charge in [-0.3, -0.25) is 9.59 Å². The minimum absolute atomic E-state index is 0.415. The zero-order chi connectivity index (χ0) is 14.7. The van der Waals surface area contributed by atoms with Crippen molar-refractivity contribution in [2.45, 2.75) is 32.8 Å². The topological polar surface area (TPSA) is 54.4 Å². The summed E-state index contributed by atoms with van der Waals surface area (Å²) in [5.41, 5.74) is 0.165. The van der Waals surface area contributed by atoms with Crippen LogP contribution in [-0.2, 0) is 9.59 Å². The Morgan fingerprint density at radius 3 is 2.65 bits per heavy atom. The van der Waals surface area contributed by atoms with E-state index in [0.29, 0.717) is 5.57 Å². The Labute approximate surface area is 118 Å². The number of carbonyl (C=O) groups is 2. The molecule has 0 aromatic rings. The molecular formula is C17H18O3. The van der Waals surface area contributed by atoms with Gasteiger partial charge in [-0.05, 0) is 44.4 Å². The van der Waals surface area contributed by atoms with Crippen LogP contribution in [0.1, 0.15) is 27.2 Å². The van der Waals surface area contributed by atoms with Crippen molar-refractivity contribution in [2.24, 2.45) is 11.3 Å². The highest BCUT2D eigenvalue weighted by Gasteiger charge is 2.58. The maximum Gasteiger partial charge on any atom is 0.225 e. The quantitative estimate of drug-likeness (QED) is 0.687. The normalized spacial score (nSPS) is 34.8. The lowest BCUT2D eigenvalue weighted by Gasteiger charge is -2.48. The molecule has 0 heterocycles. The van der Waals surface area contributed by atoms with Crippen molar-refractivity contribution < 1.29 is 14.7 Å². The Morgan fingerprint density at radius 1 is 1.25 bits per heavy atom. The first kappa shape index (κ1) is 13.3. The lowest BCUT2D eigenvalue weighted by Crippen LogP contribution is -2.60. The van der Waals surface area contributed by atoms with Crippen molar-refractivity contribution in [1.29, 1.82) is 0 Å². The van der Waals surface area contributed by atoms with Crippen molar-refractivity contribution in [3.63, 3.8) is 0 Å². The summed E-state index contributed by atoms with van der Waals surface area (Å²) >= 11 is 0. The van der Waals surface area contributed by atoms with E-state index in [9.17, 15) is 14.7 Å². The first-order valence-corrected chi connectivity index (χ1v) is 6.88. The second kappa shape index (κ2) is 3.89. The Hall–Kier alpha value is -1.74. The third kappa shape index (κ3) is 1.50. The van der Waals surface area contributed by atoms with Gasteiger partial charge in [0.15, 0.2) is 0 Å². The Kier molecular flexibility index (Phi) is 2.58. The van der Waals surface area contributed by atoms with Crippen LogP contribution in [0.2, 0.25) is 0 Å². The summed E-state index contributed by atoms with van der Waals surface area (Å²) in [6, 6.07) is 0. The number of ketones is 2. The Morgan fingerprint density at radius 2 is 1.95 bits per heavy atom. The van der Waals surface area contributed by atoms with Crippen LogP contribution in [-0.4, -0.2) is 22.3 Å². The van der Waals surface area contributed by atoms with Crippen LogP contribution in [0.5, 0.6) is 0 Å². The van der Waals surface area contributed by atoms with E-state index in [0.717, 1.165) is 17.6 Å². The fraction of sp³-hybridized carbons (Fsp3) is 0.412. The van der Waals surface area contributed by atoms with Crippen LogP contribution >= 0.6 is 0 Å². The van der Waals surface area contributed by atoms with Gasteiger partial charge >= 0.3 is 0 Å². The number of rotatable bonds is 0. The van der Waals surface area contributed by atoms with Crippen LogP contribution in [0.4, 0.5) is 0 Å². The maximum absolute atomic E-state index is 12.3. The van der Waals surface area contributed by atoms with Gasteiger partial charge in [0.05, 0.1) is 11.0 Å². The molecule has 0 spiro atoms. The molecule has 0 saturated heterocycles. The van der Waals surface area contributed by atoms with Gasteiger partial charge < -0.3 is 5.11 Å². The van der Waals surface area contributed by atoms with Gasteiger partial charge in [0.25, 0.3) is 0 Å². The molecule has 0 aromatic heterocycles. The molecule has 2 atom stereocenters. The SMILES string of the molecule is CC1(C)C(=O)C(=O)C2=CC3=CC=CCC3=CC2C1(C)O. The molecule has 3 nitrogen and oxygen atoms in total. The molecule has 3 aliphatic carbocycles. The second-order valence-electron chi connectivity index (χ2n) is 6.45. The summed E-state index contributed by atoms with van der Waals surface area (Å²) in [5, 5.41) is 10.9. The number of aliphatic hydroxyl groups is 1. The lowest BCUT2D eigenvalue weighted by molar-refractivity contribution is -0.159. The van der Waals surface area contributed by atoms with Gasteiger partial charge in [-0.1, -0.05) is 24.3 Å². The van der Waals surface area contributed by atoms with E-state index in [1.54, 1.807) is 26.8 Å². The molecule has 1 fully saturated rings. The Bertz CT molecular complexity index is 639. The van der Waals surface area contributed by atoms with Crippen molar-refractivity contribution in [3.05, 3.63) is 47.1 Å². The summed E-state index contributed by atoms with van der Waals surface area (Å²) in [4.78, 5) is 24.6. The van der Waals surface area contributed by atoms with E-state index in [2.05, 4.69) is 0 Å². The molecule has 1 N–H and O–H groups in total. The Balaban J connectivity index is 2.19. The van der Waals surface area contributed by atoms with Crippen LogP contribution in [0.25, 0.3) is 0 Å². The predicted octanol–water partition coefficient (Wildman–Crippen LogP) is 2.28.